The lowest BCUT2D eigenvalue weighted by atomic mass is 9.97. The molecule has 0 bridgehead atoms. The largest absolute Gasteiger partial charge is 0.422 e. The third-order valence-corrected chi connectivity index (χ3v) is 5.74. The summed E-state index contributed by atoms with van der Waals surface area (Å²) < 4.78 is 41.7. The van der Waals surface area contributed by atoms with E-state index in [9.17, 15) is 18.3 Å². The zero-order valence-corrected chi connectivity index (χ0v) is 15.3. The van der Waals surface area contributed by atoms with Crippen molar-refractivity contribution >= 4 is 32.6 Å². The first-order valence-electron chi connectivity index (χ1n) is 8.21. The predicted octanol–water partition coefficient (Wildman–Crippen LogP) is 4.40. The molecule has 0 radical (unpaired) electrons. The van der Waals surface area contributed by atoms with Crippen LogP contribution in [0.3, 0.4) is 0 Å². The highest BCUT2D eigenvalue weighted by Gasteiger charge is 2.54. The average molecular weight is 392 g/mol. The maximum absolute atomic E-state index is 13.3. The van der Waals surface area contributed by atoms with Gasteiger partial charge in [-0.15, -0.1) is 11.3 Å². The van der Waals surface area contributed by atoms with Crippen LogP contribution in [0.25, 0.3) is 32.5 Å². The Labute approximate surface area is 156 Å². The van der Waals surface area contributed by atoms with Crippen LogP contribution in [0, 0.1) is 0 Å². The monoisotopic (exact) mass is 392 g/mol. The Kier molecular flexibility index (Phi) is 3.97. The average Bonchev–Trinajstić information content (AvgIpc) is 3.20. The van der Waals surface area contributed by atoms with Gasteiger partial charge in [0.15, 0.2) is 11.2 Å². The van der Waals surface area contributed by atoms with Crippen molar-refractivity contribution in [2.24, 2.45) is 7.05 Å². The summed E-state index contributed by atoms with van der Waals surface area (Å²) >= 11 is 0.854. The summed E-state index contributed by atoms with van der Waals surface area (Å²) in [6, 6.07) is 6.68. The molecule has 0 saturated heterocycles. The van der Waals surface area contributed by atoms with E-state index in [0.717, 1.165) is 22.3 Å². The van der Waals surface area contributed by atoms with Crippen molar-refractivity contribution < 1.29 is 18.3 Å². The van der Waals surface area contributed by atoms with E-state index in [-0.39, 0.29) is 4.88 Å². The minimum Gasteiger partial charge on any atom is -0.376 e. The molecule has 0 fully saturated rings. The van der Waals surface area contributed by atoms with Crippen molar-refractivity contribution in [3.8, 4) is 11.3 Å². The highest BCUT2D eigenvalue weighted by atomic mass is 32.1. The zero-order valence-electron chi connectivity index (χ0n) is 14.4. The van der Waals surface area contributed by atoms with Gasteiger partial charge in [0.25, 0.3) is 0 Å². The quantitative estimate of drug-likeness (QED) is 0.561. The molecule has 0 aromatic carbocycles. The van der Waals surface area contributed by atoms with Crippen LogP contribution < -0.4 is 0 Å². The van der Waals surface area contributed by atoms with Gasteiger partial charge in [0.1, 0.15) is 4.83 Å². The van der Waals surface area contributed by atoms with Gasteiger partial charge in [-0.1, -0.05) is 6.92 Å². The number of hydrogen-bond acceptors (Lipinski definition) is 5. The van der Waals surface area contributed by atoms with Crippen molar-refractivity contribution in [2.75, 3.05) is 0 Å². The number of pyridine rings is 2. The molecule has 0 spiro atoms. The van der Waals surface area contributed by atoms with Crippen LogP contribution in [0.15, 0.2) is 36.7 Å². The van der Waals surface area contributed by atoms with E-state index < -0.39 is 18.2 Å². The van der Waals surface area contributed by atoms with Gasteiger partial charge in [-0.3, -0.25) is 4.68 Å². The molecular formula is C18H15F3N4OS. The molecular weight excluding hydrogens is 377 g/mol. The van der Waals surface area contributed by atoms with E-state index in [1.54, 1.807) is 30.1 Å². The standard InChI is InChI=1S/C18H15F3N4OS/c1-3-17(26,18(19,20)21)14-7-10-4-5-13(23-16(10)27-14)11-6-12-9-25(2)24-15(12)22-8-11/h4-9,26H,3H2,1-2H3/t17-/m0/s1. The van der Waals surface area contributed by atoms with Crippen molar-refractivity contribution in [3.05, 3.63) is 41.5 Å². The Morgan fingerprint density at radius 2 is 1.96 bits per heavy atom. The van der Waals surface area contributed by atoms with Gasteiger partial charge in [-0.05, 0) is 30.7 Å². The number of alkyl halides is 3. The summed E-state index contributed by atoms with van der Waals surface area (Å²) in [5, 5.41) is 15.8. The fourth-order valence-corrected chi connectivity index (χ4v) is 4.18. The summed E-state index contributed by atoms with van der Waals surface area (Å²) in [5.41, 5.74) is -0.914. The molecule has 0 unspecified atom stereocenters. The number of nitrogens with zero attached hydrogens (tertiary/aromatic N) is 4. The lowest BCUT2D eigenvalue weighted by Gasteiger charge is -2.27. The number of halogens is 3. The van der Waals surface area contributed by atoms with E-state index in [1.165, 1.54) is 13.0 Å². The Morgan fingerprint density at radius 3 is 2.67 bits per heavy atom. The Hall–Kier alpha value is -2.52. The number of hydrogen-bond donors (Lipinski definition) is 1. The number of aromatic nitrogens is 4. The second-order valence-corrected chi connectivity index (χ2v) is 7.38. The second kappa shape index (κ2) is 6.00. The Balaban J connectivity index is 1.80. The highest BCUT2D eigenvalue weighted by Crippen LogP contribution is 2.45. The minimum absolute atomic E-state index is 0.155. The van der Waals surface area contributed by atoms with Gasteiger partial charge in [0, 0.05) is 40.7 Å². The molecule has 5 nitrogen and oxygen atoms in total. The normalized spacial score (nSPS) is 14.7. The molecule has 0 amide bonds. The van der Waals surface area contributed by atoms with Gasteiger partial charge >= 0.3 is 6.18 Å². The van der Waals surface area contributed by atoms with E-state index >= 15 is 0 Å². The van der Waals surface area contributed by atoms with E-state index in [1.807, 2.05) is 12.3 Å². The molecule has 0 saturated carbocycles. The highest BCUT2D eigenvalue weighted by molar-refractivity contribution is 7.18. The van der Waals surface area contributed by atoms with Crippen LogP contribution in [-0.2, 0) is 12.6 Å². The maximum atomic E-state index is 13.3. The number of aliphatic hydroxyl groups is 1. The fraction of sp³-hybridized carbons (Fsp3) is 0.278. The zero-order chi connectivity index (χ0) is 19.4. The first-order valence-corrected chi connectivity index (χ1v) is 9.03. The summed E-state index contributed by atoms with van der Waals surface area (Å²) in [7, 11) is 1.80. The fourth-order valence-electron chi connectivity index (χ4n) is 2.97. The molecule has 1 atom stereocenters. The van der Waals surface area contributed by atoms with Crippen LogP contribution in [0.1, 0.15) is 18.2 Å². The van der Waals surface area contributed by atoms with E-state index in [0.29, 0.717) is 21.6 Å². The number of rotatable bonds is 3. The molecule has 4 aromatic heterocycles. The first kappa shape index (κ1) is 17.9. The van der Waals surface area contributed by atoms with Crippen molar-refractivity contribution in [1.82, 2.24) is 19.7 Å². The summed E-state index contributed by atoms with van der Waals surface area (Å²) in [5.74, 6) is 0. The third kappa shape index (κ3) is 2.87. The molecule has 4 heterocycles. The second-order valence-electron chi connectivity index (χ2n) is 6.35. The topological polar surface area (TPSA) is 63.8 Å². The predicted molar refractivity (Wildman–Crippen MR) is 97.4 cm³/mol. The smallest absolute Gasteiger partial charge is 0.376 e. The lowest BCUT2D eigenvalue weighted by molar-refractivity contribution is -0.266. The van der Waals surface area contributed by atoms with Crippen molar-refractivity contribution in [2.45, 2.75) is 25.1 Å². The lowest BCUT2D eigenvalue weighted by Crippen LogP contribution is -2.40. The molecule has 140 valence electrons. The van der Waals surface area contributed by atoms with E-state index in [2.05, 4.69) is 15.1 Å². The number of fused-ring (bicyclic) bond motifs is 2. The Bertz CT molecular complexity index is 1150. The van der Waals surface area contributed by atoms with Gasteiger partial charge in [-0.2, -0.15) is 18.3 Å². The Morgan fingerprint density at radius 1 is 1.19 bits per heavy atom. The van der Waals surface area contributed by atoms with Gasteiger partial charge in [-0.25, -0.2) is 9.97 Å². The summed E-state index contributed by atoms with van der Waals surface area (Å²) in [6.45, 7) is 1.31. The summed E-state index contributed by atoms with van der Waals surface area (Å²) in [4.78, 5) is 9.05. The SMILES string of the molecule is CC[C@](O)(c1cc2ccc(-c3cnc4nn(C)cc4c3)nc2s1)C(F)(F)F. The van der Waals surface area contributed by atoms with Gasteiger partial charge < -0.3 is 5.11 Å². The van der Waals surface area contributed by atoms with Crippen LogP contribution in [-0.4, -0.2) is 31.0 Å². The third-order valence-electron chi connectivity index (χ3n) is 4.54. The van der Waals surface area contributed by atoms with Gasteiger partial charge in [0.2, 0.25) is 0 Å². The van der Waals surface area contributed by atoms with Crippen LogP contribution in [0.2, 0.25) is 0 Å². The number of thiophene rings is 1. The molecule has 27 heavy (non-hydrogen) atoms. The molecule has 0 aliphatic rings. The van der Waals surface area contributed by atoms with Crippen LogP contribution >= 0.6 is 11.3 Å². The molecule has 0 aliphatic carbocycles. The molecule has 9 heteroatoms. The summed E-state index contributed by atoms with van der Waals surface area (Å²) in [6.07, 6.45) is -1.74. The van der Waals surface area contributed by atoms with Crippen molar-refractivity contribution in [3.63, 3.8) is 0 Å². The minimum atomic E-state index is -4.75. The van der Waals surface area contributed by atoms with Gasteiger partial charge in [0.05, 0.1) is 5.69 Å². The molecule has 0 aliphatic heterocycles. The van der Waals surface area contributed by atoms with Crippen LogP contribution in [0.4, 0.5) is 13.2 Å². The molecule has 1 N–H and O–H groups in total. The first-order chi connectivity index (χ1) is 12.7. The number of aryl methyl sites for hydroxylation is 1. The molecule has 4 rings (SSSR count). The maximum Gasteiger partial charge on any atom is 0.422 e. The van der Waals surface area contributed by atoms with E-state index in [4.69, 9.17) is 0 Å². The van der Waals surface area contributed by atoms with Crippen molar-refractivity contribution in [1.29, 1.82) is 0 Å². The van der Waals surface area contributed by atoms with Crippen LogP contribution in [0.5, 0.6) is 0 Å². The molecule has 4 aromatic rings.